The number of hydrogen-bond donors (Lipinski definition) is 2. The zero-order valence-corrected chi connectivity index (χ0v) is 25.7. The fraction of sp³-hybridized carbons (Fsp3) is 0.633. The zero-order valence-electron chi connectivity index (χ0n) is 24.1. The van der Waals surface area contributed by atoms with Crippen molar-refractivity contribution in [1.29, 1.82) is 0 Å². The molecule has 1 aromatic carbocycles. The summed E-state index contributed by atoms with van der Waals surface area (Å²) in [7, 11) is 0. The Morgan fingerprint density at radius 2 is 1.74 bits per heavy atom. The van der Waals surface area contributed by atoms with Gasteiger partial charge in [-0.1, -0.05) is 40.0 Å². The van der Waals surface area contributed by atoms with Crippen molar-refractivity contribution in [2.75, 3.05) is 11.5 Å². The van der Waals surface area contributed by atoms with Gasteiger partial charge in [-0.05, 0) is 92.9 Å². The molecule has 1 saturated heterocycles. The average molecular weight is 560 g/mol. The summed E-state index contributed by atoms with van der Waals surface area (Å²) in [6.07, 6.45) is 6.27. The number of nitrogens with one attached hydrogen (secondary N) is 2. The Balaban J connectivity index is 1.74. The van der Waals surface area contributed by atoms with Crippen LogP contribution in [0.15, 0.2) is 29.2 Å². The molecule has 1 aromatic heterocycles. The predicted molar refractivity (Wildman–Crippen MR) is 158 cm³/mol. The van der Waals surface area contributed by atoms with E-state index < -0.39 is 22.5 Å². The minimum Gasteiger partial charge on any atom is -0.616 e. The highest BCUT2D eigenvalue weighted by molar-refractivity contribution is 7.92. The number of aromatic nitrogens is 1. The average Bonchev–Trinajstić information content (AvgIpc) is 3.12. The van der Waals surface area contributed by atoms with Crippen LogP contribution in [-0.2, 0) is 34.5 Å². The van der Waals surface area contributed by atoms with Crippen molar-refractivity contribution in [1.82, 2.24) is 14.6 Å². The second-order valence-corrected chi connectivity index (χ2v) is 15.9. The van der Waals surface area contributed by atoms with E-state index in [0.717, 1.165) is 34.0 Å². The first-order valence-electron chi connectivity index (χ1n) is 13.9. The second kappa shape index (κ2) is 11.6. The molecule has 210 valence electrons. The molecule has 0 spiro atoms. The van der Waals surface area contributed by atoms with E-state index in [1.54, 1.807) is 0 Å². The van der Waals surface area contributed by atoms with Crippen molar-refractivity contribution >= 4 is 28.4 Å². The van der Waals surface area contributed by atoms with Crippen LogP contribution in [0.1, 0.15) is 95.3 Å². The third-order valence-corrected chi connectivity index (χ3v) is 10.7. The topological polar surface area (TPSA) is 92.2 Å². The Bertz CT molecular complexity index is 1140. The molecule has 0 bridgehead atoms. The van der Waals surface area contributed by atoms with E-state index in [1.807, 2.05) is 39.8 Å². The molecular formula is C30H45N3O3S2. The first-order valence-corrected chi connectivity index (χ1v) is 16.6. The number of carbonyl (C=O) groups is 1. The number of benzene rings is 1. The molecule has 2 aliphatic rings. The van der Waals surface area contributed by atoms with Crippen LogP contribution >= 0.6 is 0 Å². The molecule has 1 atom stereocenters. The van der Waals surface area contributed by atoms with Gasteiger partial charge in [-0.2, -0.15) is 0 Å². The van der Waals surface area contributed by atoms with Gasteiger partial charge in [0.2, 0.25) is 0 Å². The van der Waals surface area contributed by atoms with Crippen LogP contribution in [0.25, 0.3) is 11.3 Å². The smallest absolute Gasteiger partial charge is 0.253 e. The maximum absolute atomic E-state index is 13.3. The molecule has 8 heteroatoms. The van der Waals surface area contributed by atoms with Gasteiger partial charge in [-0.25, -0.2) is 0 Å². The molecule has 2 N–H and O–H groups in total. The van der Waals surface area contributed by atoms with E-state index in [4.69, 9.17) is 0 Å². The lowest BCUT2D eigenvalue weighted by atomic mass is 9.85. The highest BCUT2D eigenvalue weighted by atomic mass is 32.2. The summed E-state index contributed by atoms with van der Waals surface area (Å²) in [6, 6.07) is 8.22. The summed E-state index contributed by atoms with van der Waals surface area (Å²) in [5.41, 5.74) is 4.28. The summed E-state index contributed by atoms with van der Waals surface area (Å²) in [5, 5.41) is 3.09. The molecule has 1 saturated carbocycles. The molecule has 2 heterocycles. The van der Waals surface area contributed by atoms with Crippen LogP contribution in [0.4, 0.5) is 0 Å². The Morgan fingerprint density at radius 1 is 1.08 bits per heavy atom. The van der Waals surface area contributed by atoms with Crippen molar-refractivity contribution in [2.45, 2.75) is 109 Å². The van der Waals surface area contributed by atoms with E-state index in [9.17, 15) is 13.9 Å². The minimum absolute atomic E-state index is 0.00931. The Labute approximate surface area is 235 Å². The van der Waals surface area contributed by atoms with Gasteiger partial charge >= 0.3 is 0 Å². The van der Waals surface area contributed by atoms with E-state index in [1.165, 1.54) is 32.1 Å². The van der Waals surface area contributed by atoms with Gasteiger partial charge in [0.25, 0.3) is 5.91 Å². The summed E-state index contributed by atoms with van der Waals surface area (Å²) in [6.45, 7) is 15.4. The standard InChI is InChI=1S/C30H45N3O3S2/c1-20-24(28(34)31-23-18-37(35)19-23)16-26(33(20)17-21-11-9-8-10-12-21)22-13-14-27(25(15-22)29(2,3)4)38(36)32-30(5,6)7/h13-16,21,23,32H,8-12,17-19H2,1-7H3,(H,31,34). The van der Waals surface area contributed by atoms with E-state index in [-0.39, 0.29) is 22.9 Å². The Morgan fingerprint density at radius 3 is 2.32 bits per heavy atom. The van der Waals surface area contributed by atoms with Crippen molar-refractivity contribution in [2.24, 2.45) is 5.92 Å². The minimum atomic E-state index is -1.34. The highest BCUT2D eigenvalue weighted by Gasteiger charge is 2.34. The normalized spacial score (nSPS) is 21.7. The third kappa shape index (κ3) is 7.00. The Kier molecular flexibility index (Phi) is 8.99. The number of carbonyl (C=O) groups excluding carboxylic acids is 1. The number of amides is 1. The van der Waals surface area contributed by atoms with Crippen molar-refractivity contribution in [3.05, 3.63) is 41.1 Å². The second-order valence-electron chi connectivity index (χ2n) is 13.2. The molecule has 6 nitrogen and oxygen atoms in total. The van der Waals surface area contributed by atoms with Crippen LogP contribution in [0, 0.1) is 12.8 Å². The van der Waals surface area contributed by atoms with Gasteiger partial charge in [-0.15, -0.1) is 4.72 Å². The van der Waals surface area contributed by atoms with Crippen molar-refractivity contribution < 1.29 is 13.9 Å². The fourth-order valence-corrected chi connectivity index (χ4v) is 7.88. The van der Waals surface area contributed by atoms with Gasteiger partial charge < -0.3 is 19.0 Å². The van der Waals surface area contributed by atoms with Crippen LogP contribution in [0.5, 0.6) is 0 Å². The van der Waals surface area contributed by atoms with Crippen molar-refractivity contribution in [3.63, 3.8) is 0 Å². The van der Waals surface area contributed by atoms with Crippen molar-refractivity contribution in [3.8, 4) is 11.3 Å². The maximum atomic E-state index is 13.3. The molecule has 1 amide bonds. The van der Waals surface area contributed by atoms with E-state index in [0.29, 0.717) is 23.0 Å². The molecule has 0 radical (unpaired) electrons. The lowest BCUT2D eigenvalue weighted by molar-refractivity contribution is 0.0941. The summed E-state index contributed by atoms with van der Waals surface area (Å²) >= 11 is -2.15. The van der Waals surface area contributed by atoms with Crippen LogP contribution in [-0.4, -0.2) is 42.7 Å². The SMILES string of the molecule is Cc1c(C(=O)NC2C[S+]([O-])C2)cc(-c2ccc([S+]([O-])NC(C)(C)C)c(C(C)(C)C)c2)n1CC1CCCCC1. The molecule has 1 aliphatic carbocycles. The Hall–Kier alpha value is -1.45. The molecule has 2 aromatic rings. The van der Waals surface area contributed by atoms with Crippen LogP contribution in [0.3, 0.4) is 0 Å². The number of rotatable bonds is 7. The lowest BCUT2D eigenvalue weighted by Gasteiger charge is -2.29. The quantitative estimate of drug-likeness (QED) is 0.431. The summed E-state index contributed by atoms with van der Waals surface area (Å²) in [5.74, 6) is 1.59. The summed E-state index contributed by atoms with van der Waals surface area (Å²) in [4.78, 5) is 14.1. The zero-order chi connectivity index (χ0) is 27.8. The molecule has 38 heavy (non-hydrogen) atoms. The van der Waals surface area contributed by atoms with E-state index >= 15 is 0 Å². The molecule has 1 aliphatic heterocycles. The molecular weight excluding hydrogens is 514 g/mol. The van der Waals surface area contributed by atoms with E-state index in [2.05, 4.69) is 47.5 Å². The van der Waals surface area contributed by atoms with Gasteiger partial charge in [0.1, 0.15) is 17.5 Å². The lowest BCUT2D eigenvalue weighted by Crippen LogP contribution is -2.53. The molecule has 4 rings (SSSR count). The number of hydrogen-bond acceptors (Lipinski definition) is 4. The largest absolute Gasteiger partial charge is 0.616 e. The van der Waals surface area contributed by atoms with Crippen LogP contribution in [0.2, 0.25) is 0 Å². The molecule has 1 unspecified atom stereocenters. The summed E-state index contributed by atoms with van der Waals surface area (Å²) < 4.78 is 30.4. The van der Waals surface area contributed by atoms with Gasteiger partial charge in [0, 0.05) is 23.5 Å². The van der Waals surface area contributed by atoms with Gasteiger partial charge in [0.15, 0.2) is 4.90 Å². The monoisotopic (exact) mass is 559 g/mol. The number of nitrogens with zero attached hydrogens (tertiary/aromatic N) is 1. The first-order chi connectivity index (χ1) is 17.7. The van der Waals surface area contributed by atoms with Gasteiger partial charge in [-0.3, -0.25) is 4.79 Å². The third-order valence-electron chi connectivity index (χ3n) is 7.57. The highest BCUT2D eigenvalue weighted by Crippen LogP contribution is 2.36. The fourth-order valence-electron chi connectivity index (χ4n) is 5.49. The first kappa shape index (κ1) is 29.5. The maximum Gasteiger partial charge on any atom is 0.253 e. The van der Waals surface area contributed by atoms with Crippen LogP contribution < -0.4 is 10.0 Å². The predicted octanol–water partition coefficient (Wildman–Crippen LogP) is 5.61. The molecule has 2 fully saturated rings. The van der Waals surface area contributed by atoms with Gasteiger partial charge in [0.05, 0.1) is 22.5 Å².